The van der Waals surface area contributed by atoms with Crippen LogP contribution in [0.5, 0.6) is 11.5 Å². The van der Waals surface area contributed by atoms with Crippen LogP contribution < -0.4 is 14.8 Å². The van der Waals surface area contributed by atoms with Gasteiger partial charge in [0.2, 0.25) is 0 Å². The number of pyridine rings is 1. The number of benzene rings is 1. The van der Waals surface area contributed by atoms with Crippen LogP contribution in [0.4, 0.5) is 0 Å². The van der Waals surface area contributed by atoms with Gasteiger partial charge < -0.3 is 14.8 Å². The Bertz CT molecular complexity index is 587. The van der Waals surface area contributed by atoms with Crippen LogP contribution in [0.1, 0.15) is 18.5 Å². The molecular weight excluding hydrogens is 268 g/mol. The molecule has 0 radical (unpaired) electrons. The van der Waals surface area contributed by atoms with Crippen molar-refractivity contribution in [3.05, 3.63) is 54.4 Å². The predicted molar refractivity (Wildman–Crippen MR) is 79.3 cm³/mol. The summed E-state index contributed by atoms with van der Waals surface area (Å²) < 4.78 is 10.6. The zero-order valence-electron chi connectivity index (χ0n) is 12.1. The maximum atomic E-state index is 11.9. The molecule has 1 atom stereocenters. The van der Waals surface area contributed by atoms with Crippen molar-refractivity contribution < 1.29 is 14.3 Å². The summed E-state index contributed by atoms with van der Waals surface area (Å²) in [4.78, 5) is 15.9. The summed E-state index contributed by atoms with van der Waals surface area (Å²) in [5, 5.41) is 2.87. The Morgan fingerprint density at radius 2 is 1.86 bits per heavy atom. The number of aromatic nitrogens is 1. The van der Waals surface area contributed by atoms with Crippen molar-refractivity contribution in [2.45, 2.75) is 13.0 Å². The van der Waals surface area contributed by atoms with Gasteiger partial charge >= 0.3 is 0 Å². The minimum atomic E-state index is -0.190. The SMILES string of the molecule is COc1ccccc1OCC(=O)NC(C)c1ccncc1. The van der Waals surface area contributed by atoms with E-state index in [1.165, 1.54) is 0 Å². The molecule has 0 aliphatic heterocycles. The van der Waals surface area contributed by atoms with E-state index in [0.717, 1.165) is 5.56 Å². The zero-order chi connectivity index (χ0) is 15.1. The van der Waals surface area contributed by atoms with Crippen LogP contribution >= 0.6 is 0 Å². The fraction of sp³-hybridized carbons (Fsp3) is 0.250. The molecule has 1 amide bonds. The van der Waals surface area contributed by atoms with Crippen molar-refractivity contribution in [1.82, 2.24) is 10.3 Å². The van der Waals surface area contributed by atoms with E-state index >= 15 is 0 Å². The van der Waals surface area contributed by atoms with Crippen molar-refractivity contribution in [1.29, 1.82) is 0 Å². The fourth-order valence-corrected chi connectivity index (χ4v) is 1.90. The summed E-state index contributed by atoms with van der Waals surface area (Å²) in [7, 11) is 1.56. The van der Waals surface area contributed by atoms with Gasteiger partial charge in [0, 0.05) is 12.4 Å². The molecule has 1 aromatic carbocycles. The highest BCUT2D eigenvalue weighted by Crippen LogP contribution is 2.25. The molecule has 0 fully saturated rings. The van der Waals surface area contributed by atoms with Crippen LogP contribution in [0.15, 0.2) is 48.8 Å². The number of para-hydroxylation sites is 2. The Morgan fingerprint density at radius 3 is 2.52 bits per heavy atom. The van der Waals surface area contributed by atoms with Gasteiger partial charge in [-0.15, -0.1) is 0 Å². The maximum Gasteiger partial charge on any atom is 0.258 e. The highest BCUT2D eigenvalue weighted by Gasteiger charge is 2.11. The lowest BCUT2D eigenvalue weighted by molar-refractivity contribution is -0.123. The summed E-state index contributed by atoms with van der Waals surface area (Å²) in [5.74, 6) is 0.962. The van der Waals surface area contributed by atoms with Crippen molar-refractivity contribution in [3.8, 4) is 11.5 Å². The molecule has 0 saturated heterocycles. The lowest BCUT2D eigenvalue weighted by Gasteiger charge is -2.15. The third kappa shape index (κ3) is 4.21. The first-order valence-electron chi connectivity index (χ1n) is 6.66. The molecule has 2 rings (SSSR count). The molecule has 110 valence electrons. The van der Waals surface area contributed by atoms with Gasteiger partial charge in [0.1, 0.15) is 0 Å². The molecule has 21 heavy (non-hydrogen) atoms. The van der Waals surface area contributed by atoms with Crippen LogP contribution in [-0.2, 0) is 4.79 Å². The largest absolute Gasteiger partial charge is 0.493 e. The van der Waals surface area contributed by atoms with Gasteiger partial charge in [0.25, 0.3) is 5.91 Å². The Kier molecular flexibility index (Phi) is 5.15. The second-order valence-electron chi connectivity index (χ2n) is 4.51. The summed E-state index contributed by atoms with van der Waals surface area (Å²) in [6.45, 7) is 1.85. The molecule has 0 spiro atoms. The molecule has 1 aromatic heterocycles. The summed E-state index contributed by atoms with van der Waals surface area (Å²) >= 11 is 0. The van der Waals surface area contributed by atoms with Gasteiger partial charge in [-0.2, -0.15) is 0 Å². The number of hydrogen-bond acceptors (Lipinski definition) is 4. The molecule has 0 saturated carbocycles. The Labute approximate surface area is 123 Å². The first kappa shape index (κ1) is 14.8. The molecule has 0 aliphatic carbocycles. The first-order chi connectivity index (χ1) is 10.2. The van der Waals surface area contributed by atoms with Crippen molar-refractivity contribution in [2.75, 3.05) is 13.7 Å². The number of methoxy groups -OCH3 is 1. The van der Waals surface area contributed by atoms with Gasteiger partial charge in [-0.25, -0.2) is 0 Å². The van der Waals surface area contributed by atoms with Gasteiger partial charge in [-0.05, 0) is 36.8 Å². The average Bonchev–Trinajstić information content (AvgIpc) is 2.54. The van der Waals surface area contributed by atoms with E-state index < -0.39 is 0 Å². The molecule has 5 nitrogen and oxygen atoms in total. The number of nitrogens with zero attached hydrogens (tertiary/aromatic N) is 1. The van der Waals surface area contributed by atoms with Gasteiger partial charge in [0.15, 0.2) is 18.1 Å². The monoisotopic (exact) mass is 286 g/mol. The van der Waals surface area contributed by atoms with Crippen molar-refractivity contribution in [3.63, 3.8) is 0 Å². The third-order valence-corrected chi connectivity index (χ3v) is 3.01. The van der Waals surface area contributed by atoms with Gasteiger partial charge in [-0.3, -0.25) is 9.78 Å². The second-order valence-corrected chi connectivity index (χ2v) is 4.51. The minimum Gasteiger partial charge on any atom is -0.493 e. The summed E-state index contributed by atoms with van der Waals surface area (Å²) in [6, 6.07) is 10.9. The van der Waals surface area contributed by atoms with Crippen LogP contribution in [0, 0.1) is 0 Å². The number of hydrogen-bond donors (Lipinski definition) is 1. The molecule has 2 aromatic rings. The highest BCUT2D eigenvalue weighted by atomic mass is 16.5. The van der Waals surface area contributed by atoms with E-state index in [1.54, 1.807) is 31.6 Å². The lowest BCUT2D eigenvalue weighted by Crippen LogP contribution is -2.31. The van der Waals surface area contributed by atoms with Crippen LogP contribution in [0.2, 0.25) is 0 Å². The van der Waals surface area contributed by atoms with Gasteiger partial charge in [-0.1, -0.05) is 12.1 Å². The van der Waals surface area contributed by atoms with Crippen LogP contribution in [0.25, 0.3) is 0 Å². The molecule has 5 heteroatoms. The van der Waals surface area contributed by atoms with E-state index in [0.29, 0.717) is 11.5 Å². The van der Waals surface area contributed by atoms with Gasteiger partial charge in [0.05, 0.1) is 13.2 Å². The van der Waals surface area contributed by atoms with Crippen molar-refractivity contribution >= 4 is 5.91 Å². The van der Waals surface area contributed by atoms with Crippen LogP contribution in [0.3, 0.4) is 0 Å². The lowest BCUT2D eigenvalue weighted by atomic mass is 10.1. The van der Waals surface area contributed by atoms with E-state index in [9.17, 15) is 4.79 Å². The number of carbonyl (C=O) groups excluding carboxylic acids is 1. The topological polar surface area (TPSA) is 60.5 Å². The Balaban J connectivity index is 1.88. The normalized spacial score (nSPS) is 11.5. The summed E-state index contributed by atoms with van der Waals surface area (Å²) in [6.07, 6.45) is 3.40. The third-order valence-electron chi connectivity index (χ3n) is 3.01. The molecular formula is C16H18N2O3. The standard InChI is InChI=1S/C16H18N2O3/c1-12(13-7-9-17-10-8-13)18-16(19)11-21-15-6-4-3-5-14(15)20-2/h3-10,12H,11H2,1-2H3,(H,18,19). The number of nitrogens with one attached hydrogen (secondary N) is 1. The van der Waals surface area contributed by atoms with E-state index in [4.69, 9.17) is 9.47 Å². The first-order valence-corrected chi connectivity index (χ1v) is 6.66. The Hall–Kier alpha value is -2.56. The van der Waals surface area contributed by atoms with E-state index in [-0.39, 0.29) is 18.6 Å². The molecule has 0 bridgehead atoms. The number of carbonyl (C=O) groups is 1. The second kappa shape index (κ2) is 7.28. The average molecular weight is 286 g/mol. The molecule has 1 heterocycles. The number of rotatable bonds is 6. The van der Waals surface area contributed by atoms with Crippen molar-refractivity contribution in [2.24, 2.45) is 0 Å². The van der Waals surface area contributed by atoms with E-state index in [1.807, 2.05) is 31.2 Å². The smallest absolute Gasteiger partial charge is 0.258 e. The van der Waals surface area contributed by atoms with E-state index in [2.05, 4.69) is 10.3 Å². The fourth-order valence-electron chi connectivity index (χ4n) is 1.90. The quantitative estimate of drug-likeness (QED) is 0.885. The zero-order valence-corrected chi connectivity index (χ0v) is 12.1. The Morgan fingerprint density at radius 1 is 1.19 bits per heavy atom. The number of amides is 1. The summed E-state index contributed by atoms with van der Waals surface area (Å²) in [5.41, 5.74) is 0.996. The molecule has 1 N–H and O–H groups in total. The molecule has 1 unspecified atom stereocenters. The maximum absolute atomic E-state index is 11.9. The minimum absolute atomic E-state index is 0.0597. The number of ether oxygens (including phenoxy) is 2. The molecule has 0 aliphatic rings. The van der Waals surface area contributed by atoms with Crippen LogP contribution in [-0.4, -0.2) is 24.6 Å². The predicted octanol–water partition coefficient (Wildman–Crippen LogP) is 2.35. The highest BCUT2D eigenvalue weighted by molar-refractivity contribution is 5.78.